The van der Waals surface area contributed by atoms with Crippen molar-refractivity contribution in [2.24, 2.45) is 0 Å². The monoisotopic (exact) mass is 361 g/mol. The molecule has 3 aromatic rings. The number of ether oxygens (including phenoxy) is 1. The van der Waals surface area contributed by atoms with E-state index in [1.54, 1.807) is 25.4 Å². The number of rotatable bonds is 6. The molecule has 0 saturated heterocycles. The summed E-state index contributed by atoms with van der Waals surface area (Å²) < 4.78 is 5.30. The molecule has 0 bridgehead atoms. The van der Waals surface area contributed by atoms with Crippen molar-refractivity contribution in [3.63, 3.8) is 0 Å². The van der Waals surface area contributed by atoms with Crippen LogP contribution < -0.4 is 15.4 Å². The van der Waals surface area contributed by atoms with Crippen LogP contribution in [-0.2, 0) is 6.42 Å². The second kappa shape index (κ2) is 8.36. The lowest BCUT2D eigenvalue weighted by Crippen LogP contribution is -2.13. The van der Waals surface area contributed by atoms with Crippen molar-refractivity contribution in [1.29, 1.82) is 0 Å². The number of anilines is 3. The second-order valence-electron chi connectivity index (χ2n) is 6.23. The van der Waals surface area contributed by atoms with Crippen LogP contribution in [0.15, 0.2) is 60.8 Å². The molecule has 5 heteroatoms. The van der Waals surface area contributed by atoms with Gasteiger partial charge in [-0.25, -0.2) is 4.98 Å². The summed E-state index contributed by atoms with van der Waals surface area (Å²) in [6.45, 7) is 4.08. The van der Waals surface area contributed by atoms with Crippen molar-refractivity contribution in [1.82, 2.24) is 4.98 Å². The summed E-state index contributed by atoms with van der Waals surface area (Å²) in [5.74, 6) is 1.09. The third-order valence-corrected chi connectivity index (χ3v) is 4.29. The minimum atomic E-state index is -0.230. The Hall–Kier alpha value is -3.34. The SMILES string of the molecule is CCc1ccccc1Nc1ccc(C(=O)Nc2cc(C)ccc2OC)cn1. The molecule has 2 N–H and O–H groups in total. The fourth-order valence-electron chi connectivity index (χ4n) is 2.80. The molecular formula is C22H23N3O2. The number of nitrogens with zero attached hydrogens (tertiary/aromatic N) is 1. The van der Waals surface area contributed by atoms with Crippen LogP contribution in [0.25, 0.3) is 0 Å². The number of para-hydroxylation sites is 1. The van der Waals surface area contributed by atoms with E-state index in [9.17, 15) is 4.79 Å². The van der Waals surface area contributed by atoms with Crippen LogP contribution in [0, 0.1) is 6.92 Å². The topological polar surface area (TPSA) is 63.2 Å². The van der Waals surface area contributed by atoms with E-state index in [0.717, 1.165) is 17.7 Å². The number of benzene rings is 2. The molecule has 0 unspecified atom stereocenters. The molecule has 1 heterocycles. The maximum atomic E-state index is 12.5. The highest BCUT2D eigenvalue weighted by atomic mass is 16.5. The number of hydrogen-bond donors (Lipinski definition) is 2. The number of carbonyl (C=O) groups excluding carboxylic acids is 1. The van der Waals surface area contributed by atoms with Gasteiger partial charge in [-0.05, 0) is 54.8 Å². The van der Waals surface area contributed by atoms with E-state index >= 15 is 0 Å². The van der Waals surface area contributed by atoms with Crippen LogP contribution in [0.2, 0.25) is 0 Å². The zero-order valence-corrected chi connectivity index (χ0v) is 15.7. The van der Waals surface area contributed by atoms with Gasteiger partial charge in [0, 0.05) is 11.9 Å². The standard InChI is InChI=1S/C22H23N3O2/c1-4-16-7-5-6-8-18(16)24-21-12-10-17(14-23-21)22(26)25-19-13-15(2)9-11-20(19)27-3/h5-14H,4H2,1-3H3,(H,23,24)(H,25,26). The van der Waals surface area contributed by atoms with Gasteiger partial charge in [0.2, 0.25) is 0 Å². The Balaban J connectivity index is 1.73. The molecule has 0 aliphatic heterocycles. The summed E-state index contributed by atoms with van der Waals surface area (Å²) in [5, 5.41) is 6.18. The average molecular weight is 361 g/mol. The fraction of sp³-hybridized carbons (Fsp3) is 0.182. The zero-order chi connectivity index (χ0) is 19.2. The molecule has 2 aromatic carbocycles. The molecular weight excluding hydrogens is 338 g/mol. The van der Waals surface area contributed by atoms with Crippen molar-refractivity contribution >= 4 is 23.1 Å². The zero-order valence-electron chi connectivity index (χ0n) is 15.7. The highest BCUT2D eigenvalue weighted by Crippen LogP contribution is 2.26. The van der Waals surface area contributed by atoms with Gasteiger partial charge < -0.3 is 15.4 Å². The first-order chi connectivity index (χ1) is 13.1. The number of methoxy groups -OCH3 is 1. The number of amides is 1. The Morgan fingerprint density at radius 2 is 1.89 bits per heavy atom. The number of hydrogen-bond acceptors (Lipinski definition) is 4. The maximum absolute atomic E-state index is 12.5. The van der Waals surface area contributed by atoms with Gasteiger partial charge in [0.15, 0.2) is 0 Å². The Bertz CT molecular complexity index is 937. The van der Waals surface area contributed by atoms with Gasteiger partial charge in [0.05, 0.1) is 18.4 Å². The van der Waals surface area contributed by atoms with Gasteiger partial charge in [-0.15, -0.1) is 0 Å². The fourth-order valence-corrected chi connectivity index (χ4v) is 2.80. The number of carbonyl (C=O) groups is 1. The molecule has 0 radical (unpaired) electrons. The minimum Gasteiger partial charge on any atom is -0.495 e. The van der Waals surface area contributed by atoms with Crippen molar-refractivity contribution in [2.45, 2.75) is 20.3 Å². The van der Waals surface area contributed by atoms with Crippen LogP contribution in [0.3, 0.4) is 0 Å². The Labute approximate surface area is 159 Å². The highest BCUT2D eigenvalue weighted by Gasteiger charge is 2.11. The van der Waals surface area contributed by atoms with Gasteiger partial charge in [-0.3, -0.25) is 4.79 Å². The minimum absolute atomic E-state index is 0.230. The van der Waals surface area contributed by atoms with Gasteiger partial charge in [-0.2, -0.15) is 0 Å². The van der Waals surface area contributed by atoms with Crippen LogP contribution in [0.4, 0.5) is 17.2 Å². The molecule has 0 aliphatic carbocycles. The quantitative estimate of drug-likeness (QED) is 0.651. The van der Waals surface area contributed by atoms with Gasteiger partial charge in [0.1, 0.15) is 11.6 Å². The lowest BCUT2D eigenvalue weighted by atomic mass is 10.1. The van der Waals surface area contributed by atoms with Crippen molar-refractivity contribution < 1.29 is 9.53 Å². The van der Waals surface area contributed by atoms with Crippen molar-refractivity contribution in [3.05, 3.63) is 77.5 Å². The van der Waals surface area contributed by atoms with E-state index in [4.69, 9.17) is 4.74 Å². The van der Waals surface area contributed by atoms with Gasteiger partial charge in [-0.1, -0.05) is 31.2 Å². The van der Waals surface area contributed by atoms with Crippen molar-refractivity contribution in [3.8, 4) is 5.75 Å². The molecule has 138 valence electrons. The van der Waals surface area contributed by atoms with E-state index in [1.165, 1.54) is 5.56 Å². The molecule has 0 fully saturated rings. The maximum Gasteiger partial charge on any atom is 0.257 e. The summed E-state index contributed by atoms with van der Waals surface area (Å²) >= 11 is 0. The third kappa shape index (κ3) is 4.44. The van der Waals surface area contributed by atoms with Crippen LogP contribution in [0.1, 0.15) is 28.4 Å². The molecule has 0 spiro atoms. The van der Waals surface area contributed by atoms with E-state index in [-0.39, 0.29) is 5.91 Å². The lowest BCUT2D eigenvalue weighted by molar-refractivity contribution is 0.102. The predicted molar refractivity (Wildman–Crippen MR) is 109 cm³/mol. The van der Waals surface area contributed by atoms with E-state index in [0.29, 0.717) is 22.8 Å². The van der Waals surface area contributed by atoms with Crippen LogP contribution >= 0.6 is 0 Å². The summed E-state index contributed by atoms with van der Waals surface area (Å²) in [5.41, 5.74) is 4.40. The molecule has 1 aromatic heterocycles. The third-order valence-electron chi connectivity index (χ3n) is 4.29. The van der Waals surface area contributed by atoms with E-state index in [2.05, 4.69) is 28.6 Å². The summed E-state index contributed by atoms with van der Waals surface area (Å²) in [7, 11) is 1.58. The molecule has 3 rings (SSSR count). The predicted octanol–water partition coefficient (Wildman–Crippen LogP) is 4.96. The highest BCUT2D eigenvalue weighted by molar-refractivity contribution is 6.05. The van der Waals surface area contributed by atoms with Gasteiger partial charge >= 0.3 is 0 Å². The smallest absolute Gasteiger partial charge is 0.257 e. The van der Waals surface area contributed by atoms with E-state index < -0.39 is 0 Å². The first-order valence-corrected chi connectivity index (χ1v) is 8.87. The van der Waals surface area contributed by atoms with Gasteiger partial charge in [0.25, 0.3) is 5.91 Å². The largest absolute Gasteiger partial charge is 0.495 e. The number of pyridine rings is 1. The number of nitrogens with one attached hydrogen (secondary N) is 2. The second-order valence-corrected chi connectivity index (χ2v) is 6.23. The first-order valence-electron chi connectivity index (χ1n) is 8.87. The Morgan fingerprint density at radius 3 is 2.59 bits per heavy atom. The normalized spacial score (nSPS) is 10.3. The molecule has 0 aliphatic rings. The van der Waals surface area contributed by atoms with E-state index in [1.807, 2.05) is 43.3 Å². The molecule has 0 atom stereocenters. The van der Waals surface area contributed by atoms with Crippen molar-refractivity contribution in [2.75, 3.05) is 17.7 Å². The molecule has 27 heavy (non-hydrogen) atoms. The average Bonchev–Trinajstić information content (AvgIpc) is 2.69. The summed E-state index contributed by atoms with van der Waals surface area (Å²) in [4.78, 5) is 16.9. The number of aromatic nitrogens is 1. The van der Waals surface area contributed by atoms with Crippen LogP contribution in [0.5, 0.6) is 5.75 Å². The lowest BCUT2D eigenvalue weighted by Gasteiger charge is -2.12. The Morgan fingerprint density at radius 1 is 1.07 bits per heavy atom. The van der Waals surface area contributed by atoms with Crippen LogP contribution in [-0.4, -0.2) is 18.0 Å². The molecule has 1 amide bonds. The summed E-state index contributed by atoms with van der Waals surface area (Å²) in [6.07, 6.45) is 2.50. The first kappa shape index (κ1) is 18.5. The summed E-state index contributed by atoms with van der Waals surface area (Å²) in [6, 6.07) is 17.3. The Kier molecular flexibility index (Phi) is 5.71. The number of aryl methyl sites for hydroxylation is 2. The molecule has 0 saturated carbocycles. The molecule has 5 nitrogen and oxygen atoms in total.